The molecule has 1 N–H and O–H groups in total. The topological polar surface area (TPSA) is 63.8 Å². The molecule has 0 bridgehead atoms. The Labute approximate surface area is 170 Å². The Kier molecular flexibility index (Phi) is 6.81. The average molecular weight is 421 g/mol. The number of hydrazone groups is 1. The van der Waals surface area contributed by atoms with Crippen LogP contribution in [-0.2, 0) is 4.79 Å². The van der Waals surface area contributed by atoms with Gasteiger partial charge in [-0.2, -0.15) is 5.10 Å². The fourth-order valence-corrected chi connectivity index (χ4v) is 3.26. The molecule has 0 saturated heterocycles. The molecule has 2 aromatic carbocycles. The maximum absolute atomic E-state index is 11.8. The van der Waals surface area contributed by atoms with Crippen LogP contribution in [-0.4, -0.2) is 18.7 Å². The van der Waals surface area contributed by atoms with E-state index in [4.69, 9.17) is 32.4 Å². The van der Waals surface area contributed by atoms with Gasteiger partial charge in [0, 0.05) is 9.92 Å². The number of hydrogen-bond donors (Lipinski definition) is 1. The zero-order valence-corrected chi connectivity index (χ0v) is 16.2. The maximum Gasteiger partial charge on any atom is 0.277 e. The lowest BCUT2D eigenvalue weighted by molar-refractivity contribution is -0.123. The summed E-state index contributed by atoms with van der Waals surface area (Å²) in [6.45, 7) is -0.230. The molecule has 8 heteroatoms. The minimum Gasteiger partial charge on any atom is -0.482 e. The molecule has 3 rings (SSSR count). The highest BCUT2D eigenvalue weighted by molar-refractivity contribution is 7.99. The van der Waals surface area contributed by atoms with Crippen LogP contribution in [0.2, 0.25) is 10.0 Å². The van der Waals surface area contributed by atoms with Crippen LogP contribution in [0.5, 0.6) is 5.75 Å². The molecule has 0 unspecified atom stereocenters. The highest BCUT2D eigenvalue weighted by atomic mass is 35.5. The number of nitrogens with zero attached hydrogens (tertiary/aromatic N) is 1. The second-order valence-corrected chi connectivity index (χ2v) is 7.15. The van der Waals surface area contributed by atoms with Gasteiger partial charge in [0.2, 0.25) is 0 Å². The number of rotatable bonds is 7. The van der Waals surface area contributed by atoms with Crippen LogP contribution < -0.4 is 10.2 Å². The lowest BCUT2D eigenvalue weighted by Crippen LogP contribution is -2.24. The zero-order chi connectivity index (χ0) is 19.1. The summed E-state index contributed by atoms with van der Waals surface area (Å²) >= 11 is 13.3. The number of halogens is 2. The molecule has 0 spiro atoms. The number of nitrogens with one attached hydrogen (secondary N) is 1. The van der Waals surface area contributed by atoms with Crippen molar-refractivity contribution in [1.82, 2.24) is 5.43 Å². The van der Waals surface area contributed by atoms with Gasteiger partial charge in [0.25, 0.3) is 5.91 Å². The van der Waals surface area contributed by atoms with Crippen LogP contribution >= 0.6 is 35.0 Å². The Morgan fingerprint density at radius 2 is 1.96 bits per heavy atom. The third kappa shape index (κ3) is 6.06. The van der Waals surface area contributed by atoms with Gasteiger partial charge in [0.05, 0.1) is 11.2 Å². The second kappa shape index (κ2) is 9.50. The first-order valence-electron chi connectivity index (χ1n) is 7.82. The lowest BCUT2D eigenvalue weighted by atomic mass is 10.3. The van der Waals surface area contributed by atoms with Gasteiger partial charge in [0.1, 0.15) is 11.5 Å². The largest absolute Gasteiger partial charge is 0.482 e. The van der Waals surface area contributed by atoms with Gasteiger partial charge in [0.15, 0.2) is 11.7 Å². The number of furan rings is 1. The molecule has 0 fully saturated rings. The molecular formula is C19H14Cl2N2O3S. The smallest absolute Gasteiger partial charge is 0.277 e. The quantitative estimate of drug-likeness (QED) is 0.417. The van der Waals surface area contributed by atoms with Gasteiger partial charge >= 0.3 is 0 Å². The summed E-state index contributed by atoms with van der Waals surface area (Å²) in [7, 11) is 0. The van der Waals surface area contributed by atoms with Crippen LogP contribution in [0, 0.1) is 0 Å². The third-order valence-corrected chi connectivity index (χ3v) is 4.66. The minimum atomic E-state index is -0.428. The van der Waals surface area contributed by atoms with E-state index < -0.39 is 5.91 Å². The third-order valence-electron chi connectivity index (χ3n) is 3.20. The van der Waals surface area contributed by atoms with Crippen molar-refractivity contribution in [1.29, 1.82) is 0 Å². The molecule has 0 aliphatic carbocycles. The number of amides is 1. The van der Waals surface area contributed by atoms with E-state index in [1.54, 1.807) is 18.2 Å². The molecular weight excluding hydrogens is 407 g/mol. The highest BCUT2D eigenvalue weighted by Gasteiger charge is 2.06. The predicted octanol–water partition coefficient (Wildman–Crippen LogP) is 5.27. The van der Waals surface area contributed by atoms with Gasteiger partial charge in [-0.15, -0.1) is 0 Å². The van der Waals surface area contributed by atoms with Gasteiger partial charge in [-0.1, -0.05) is 53.2 Å². The lowest BCUT2D eigenvalue weighted by Gasteiger charge is -2.06. The fraction of sp³-hybridized carbons (Fsp3) is 0.0526. The number of carbonyl (C=O) groups excluding carboxylic acids is 1. The second-order valence-electron chi connectivity index (χ2n) is 5.23. The predicted molar refractivity (Wildman–Crippen MR) is 107 cm³/mol. The van der Waals surface area contributed by atoms with Crippen LogP contribution in [0.15, 0.2) is 80.2 Å². The first-order valence-corrected chi connectivity index (χ1v) is 9.40. The molecule has 0 atom stereocenters. The first-order chi connectivity index (χ1) is 13.1. The summed E-state index contributed by atoms with van der Waals surface area (Å²) in [4.78, 5) is 12.8. The molecule has 3 aromatic rings. The van der Waals surface area contributed by atoms with Crippen molar-refractivity contribution in [2.24, 2.45) is 5.10 Å². The summed E-state index contributed by atoms with van der Waals surface area (Å²) in [5.41, 5.74) is 2.36. The Balaban J connectivity index is 1.46. The van der Waals surface area contributed by atoms with Crippen molar-refractivity contribution < 1.29 is 13.9 Å². The van der Waals surface area contributed by atoms with Crippen molar-refractivity contribution in [3.63, 3.8) is 0 Å². The van der Waals surface area contributed by atoms with Crippen molar-refractivity contribution in [2.45, 2.75) is 9.99 Å². The van der Waals surface area contributed by atoms with E-state index in [-0.39, 0.29) is 6.61 Å². The van der Waals surface area contributed by atoms with E-state index in [1.807, 2.05) is 36.4 Å². The molecule has 0 aliphatic rings. The number of hydrogen-bond acceptors (Lipinski definition) is 5. The van der Waals surface area contributed by atoms with E-state index >= 15 is 0 Å². The summed E-state index contributed by atoms with van der Waals surface area (Å²) in [6, 6.07) is 18.2. The molecule has 0 saturated carbocycles. The van der Waals surface area contributed by atoms with E-state index in [2.05, 4.69) is 10.5 Å². The number of carbonyl (C=O) groups is 1. The molecule has 5 nitrogen and oxygen atoms in total. The molecule has 0 radical (unpaired) electrons. The van der Waals surface area contributed by atoms with E-state index in [0.717, 1.165) is 9.99 Å². The van der Waals surface area contributed by atoms with Crippen molar-refractivity contribution in [2.75, 3.05) is 6.61 Å². The first kappa shape index (κ1) is 19.4. The Morgan fingerprint density at radius 1 is 1.15 bits per heavy atom. The average Bonchev–Trinajstić information content (AvgIpc) is 3.09. The standard InChI is InChI=1S/C19H14Cl2N2O3S/c20-13-6-8-17(16(21)10-13)25-12-18(24)23-22-11-14-7-9-19(26-14)27-15-4-2-1-3-5-15/h1-11H,12H2,(H,23,24)/b22-11+. The molecule has 1 aromatic heterocycles. The van der Waals surface area contributed by atoms with Gasteiger partial charge in [-0.3, -0.25) is 4.79 Å². The molecule has 1 heterocycles. The van der Waals surface area contributed by atoms with Crippen molar-refractivity contribution in [3.8, 4) is 5.75 Å². The van der Waals surface area contributed by atoms with Gasteiger partial charge < -0.3 is 9.15 Å². The summed E-state index contributed by atoms with van der Waals surface area (Å²) in [5, 5.41) is 5.40. The van der Waals surface area contributed by atoms with Crippen molar-refractivity contribution in [3.05, 3.63) is 76.5 Å². The monoisotopic (exact) mass is 420 g/mol. The number of benzene rings is 2. The van der Waals surface area contributed by atoms with E-state index in [0.29, 0.717) is 21.6 Å². The van der Waals surface area contributed by atoms with Gasteiger partial charge in [-0.25, -0.2) is 5.43 Å². The fourth-order valence-electron chi connectivity index (χ4n) is 2.00. The summed E-state index contributed by atoms with van der Waals surface area (Å²) < 4.78 is 11.0. The Hall–Kier alpha value is -2.41. The van der Waals surface area contributed by atoms with Crippen molar-refractivity contribution >= 4 is 47.1 Å². The number of ether oxygens (including phenoxy) is 1. The summed E-state index contributed by atoms with van der Waals surface area (Å²) in [5.74, 6) is 0.465. The minimum absolute atomic E-state index is 0.230. The molecule has 0 aliphatic heterocycles. The van der Waals surface area contributed by atoms with E-state index in [1.165, 1.54) is 24.0 Å². The maximum atomic E-state index is 11.8. The Bertz CT molecular complexity index is 945. The van der Waals surface area contributed by atoms with Crippen LogP contribution in [0.4, 0.5) is 0 Å². The molecule has 138 valence electrons. The highest BCUT2D eigenvalue weighted by Crippen LogP contribution is 2.28. The molecule has 1 amide bonds. The summed E-state index contributed by atoms with van der Waals surface area (Å²) in [6.07, 6.45) is 1.42. The van der Waals surface area contributed by atoms with Crippen LogP contribution in [0.3, 0.4) is 0 Å². The van der Waals surface area contributed by atoms with Crippen LogP contribution in [0.1, 0.15) is 5.76 Å². The van der Waals surface area contributed by atoms with Gasteiger partial charge in [-0.05, 0) is 42.5 Å². The zero-order valence-electron chi connectivity index (χ0n) is 13.9. The van der Waals surface area contributed by atoms with E-state index in [9.17, 15) is 4.79 Å². The SMILES string of the molecule is O=C(COc1ccc(Cl)cc1Cl)N/N=C/c1ccc(Sc2ccccc2)o1. The Morgan fingerprint density at radius 3 is 2.74 bits per heavy atom. The molecule has 27 heavy (non-hydrogen) atoms. The van der Waals surface area contributed by atoms with Crippen LogP contribution in [0.25, 0.3) is 0 Å². The normalized spacial score (nSPS) is 10.9.